The van der Waals surface area contributed by atoms with E-state index in [4.69, 9.17) is 5.11 Å². The van der Waals surface area contributed by atoms with Crippen LogP contribution in [-0.2, 0) is 4.79 Å². The van der Waals surface area contributed by atoms with Crippen molar-refractivity contribution in [3.8, 4) is 0 Å². The largest absolute Gasteiger partial charge is 0.481 e. The molecule has 0 spiro atoms. The number of aliphatic carboxylic acids is 1. The minimum absolute atomic E-state index is 0.142. The van der Waals surface area contributed by atoms with Gasteiger partial charge in [-0.15, -0.1) is 0 Å². The number of carboxylic acids is 1. The Kier molecular flexibility index (Phi) is 4.36. The second-order valence-corrected chi connectivity index (χ2v) is 5.94. The summed E-state index contributed by atoms with van der Waals surface area (Å²) in [5.74, 6) is -0.677. The molecular weight excluding hydrogens is 202 g/mol. The van der Waals surface area contributed by atoms with Gasteiger partial charge in [0.1, 0.15) is 0 Å². The van der Waals surface area contributed by atoms with Gasteiger partial charge < -0.3 is 10.4 Å². The van der Waals surface area contributed by atoms with E-state index in [1.807, 2.05) is 0 Å². The van der Waals surface area contributed by atoms with Crippen molar-refractivity contribution < 1.29 is 9.90 Å². The number of carboxylic acid groups (broad SMARTS) is 1. The number of hydrogen-bond acceptors (Lipinski definition) is 2. The molecule has 0 aliphatic heterocycles. The van der Waals surface area contributed by atoms with Gasteiger partial charge in [-0.05, 0) is 44.1 Å². The van der Waals surface area contributed by atoms with Crippen LogP contribution < -0.4 is 5.32 Å². The van der Waals surface area contributed by atoms with Gasteiger partial charge in [-0.2, -0.15) is 0 Å². The molecule has 1 fully saturated rings. The van der Waals surface area contributed by atoms with Crippen molar-refractivity contribution in [2.75, 3.05) is 6.54 Å². The third-order valence-electron chi connectivity index (χ3n) is 3.80. The van der Waals surface area contributed by atoms with Crippen LogP contribution in [0.25, 0.3) is 0 Å². The molecule has 16 heavy (non-hydrogen) atoms. The quantitative estimate of drug-likeness (QED) is 0.759. The molecule has 0 amide bonds. The molecule has 1 rings (SSSR count). The Morgan fingerprint density at radius 1 is 1.25 bits per heavy atom. The van der Waals surface area contributed by atoms with Gasteiger partial charge in [-0.25, -0.2) is 0 Å². The van der Waals surface area contributed by atoms with Gasteiger partial charge in [0.05, 0.1) is 6.42 Å². The van der Waals surface area contributed by atoms with Gasteiger partial charge in [0.25, 0.3) is 0 Å². The van der Waals surface area contributed by atoms with E-state index in [0.717, 1.165) is 38.6 Å². The summed E-state index contributed by atoms with van der Waals surface area (Å²) in [7, 11) is 0. The van der Waals surface area contributed by atoms with E-state index in [2.05, 4.69) is 26.1 Å². The molecule has 0 bridgehead atoms. The maximum atomic E-state index is 11.0. The lowest BCUT2D eigenvalue weighted by molar-refractivity contribution is -0.139. The van der Waals surface area contributed by atoms with Crippen molar-refractivity contribution in [3.63, 3.8) is 0 Å². The molecule has 0 radical (unpaired) electrons. The van der Waals surface area contributed by atoms with Gasteiger partial charge in [0, 0.05) is 5.54 Å². The summed E-state index contributed by atoms with van der Waals surface area (Å²) in [6.07, 6.45) is 5.56. The molecule has 0 aromatic heterocycles. The van der Waals surface area contributed by atoms with Gasteiger partial charge in [-0.3, -0.25) is 4.79 Å². The third kappa shape index (κ3) is 3.78. The highest BCUT2D eigenvalue weighted by Crippen LogP contribution is 2.41. The molecule has 1 aliphatic carbocycles. The SMILES string of the molecule is CCCNC1(CC(=O)O)CCC(C)(C)CC1. The lowest BCUT2D eigenvalue weighted by Crippen LogP contribution is -2.50. The summed E-state index contributed by atoms with van der Waals surface area (Å²) >= 11 is 0. The molecule has 1 aliphatic rings. The first-order valence-electron chi connectivity index (χ1n) is 6.36. The first kappa shape index (κ1) is 13.5. The second kappa shape index (κ2) is 5.17. The van der Waals surface area contributed by atoms with Crippen LogP contribution in [0.5, 0.6) is 0 Å². The fourth-order valence-electron chi connectivity index (χ4n) is 2.50. The monoisotopic (exact) mass is 227 g/mol. The highest BCUT2D eigenvalue weighted by Gasteiger charge is 2.39. The van der Waals surface area contributed by atoms with Crippen molar-refractivity contribution in [1.82, 2.24) is 5.32 Å². The average Bonchev–Trinajstić information content (AvgIpc) is 2.19. The van der Waals surface area contributed by atoms with Crippen molar-refractivity contribution in [2.45, 2.75) is 64.8 Å². The fraction of sp³-hybridized carbons (Fsp3) is 0.923. The van der Waals surface area contributed by atoms with E-state index in [0.29, 0.717) is 5.41 Å². The van der Waals surface area contributed by atoms with Crippen LogP contribution in [0.1, 0.15) is 59.3 Å². The summed E-state index contributed by atoms with van der Waals surface area (Å²) in [4.78, 5) is 11.0. The molecule has 0 aromatic carbocycles. The lowest BCUT2D eigenvalue weighted by Gasteiger charge is -2.43. The minimum atomic E-state index is -0.677. The van der Waals surface area contributed by atoms with Crippen LogP contribution in [0.2, 0.25) is 0 Å². The molecule has 0 heterocycles. The summed E-state index contributed by atoms with van der Waals surface area (Å²) in [5, 5.41) is 12.5. The topological polar surface area (TPSA) is 49.3 Å². The molecule has 2 N–H and O–H groups in total. The highest BCUT2D eigenvalue weighted by molar-refractivity contribution is 5.68. The van der Waals surface area contributed by atoms with Crippen molar-refractivity contribution in [2.24, 2.45) is 5.41 Å². The van der Waals surface area contributed by atoms with Crippen molar-refractivity contribution >= 4 is 5.97 Å². The van der Waals surface area contributed by atoms with Crippen LogP contribution in [0.3, 0.4) is 0 Å². The highest BCUT2D eigenvalue weighted by atomic mass is 16.4. The molecule has 1 saturated carbocycles. The van der Waals surface area contributed by atoms with Crippen LogP contribution in [0.15, 0.2) is 0 Å². The molecule has 94 valence electrons. The van der Waals surface area contributed by atoms with Gasteiger partial charge in [0.15, 0.2) is 0 Å². The van der Waals surface area contributed by atoms with E-state index in [9.17, 15) is 4.79 Å². The Balaban J connectivity index is 2.62. The maximum Gasteiger partial charge on any atom is 0.305 e. The summed E-state index contributed by atoms with van der Waals surface area (Å²) in [5.41, 5.74) is 0.243. The van der Waals surface area contributed by atoms with Crippen LogP contribution >= 0.6 is 0 Å². The zero-order valence-corrected chi connectivity index (χ0v) is 10.8. The average molecular weight is 227 g/mol. The molecular formula is C13H25NO2. The molecule has 0 aromatic rings. The molecule has 0 saturated heterocycles. The van der Waals surface area contributed by atoms with E-state index < -0.39 is 5.97 Å². The molecule has 3 nitrogen and oxygen atoms in total. The van der Waals surface area contributed by atoms with Crippen molar-refractivity contribution in [1.29, 1.82) is 0 Å². The summed E-state index contributed by atoms with van der Waals surface area (Å²) < 4.78 is 0. The molecule has 0 unspecified atom stereocenters. The number of rotatable bonds is 5. The van der Waals surface area contributed by atoms with Crippen molar-refractivity contribution in [3.05, 3.63) is 0 Å². The van der Waals surface area contributed by atoms with E-state index in [-0.39, 0.29) is 12.0 Å². The zero-order valence-electron chi connectivity index (χ0n) is 10.8. The van der Waals surface area contributed by atoms with Crippen LogP contribution in [-0.4, -0.2) is 23.2 Å². The number of carbonyl (C=O) groups is 1. The molecule has 0 atom stereocenters. The zero-order chi connectivity index (χ0) is 12.2. The standard InChI is InChI=1S/C13H25NO2/c1-4-9-14-13(10-11(15)16)7-5-12(2,3)6-8-13/h14H,4-10H2,1-3H3,(H,15,16). The maximum absolute atomic E-state index is 11.0. The molecule has 3 heteroatoms. The fourth-order valence-corrected chi connectivity index (χ4v) is 2.50. The predicted molar refractivity (Wildman–Crippen MR) is 65.5 cm³/mol. The Bertz CT molecular complexity index is 238. The first-order valence-corrected chi connectivity index (χ1v) is 6.36. The Morgan fingerprint density at radius 3 is 2.25 bits per heavy atom. The van der Waals surface area contributed by atoms with Crippen LogP contribution in [0, 0.1) is 5.41 Å². The number of hydrogen-bond donors (Lipinski definition) is 2. The normalized spacial score (nSPS) is 22.9. The van der Waals surface area contributed by atoms with Gasteiger partial charge >= 0.3 is 5.97 Å². The second-order valence-electron chi connectivity index (χ2n) is 5.94. The van der Waals surface area contributed by atoms with E-state index >= 15 is 0 Å². The Morgan fingerprint density at radius 2 is 1.81 bits per heavy atom. The lowest BCUT2D eigenvalue weighted by atomic mass is 9.68. The summed E-state index contributed by atoms with van der Waals surface area (Å²) in [6, 6.07) is 0. The van der Waals surface area contributed by atoms with Gasteiger partial charge in [0.2, 0.25) is 0 Å². The Labute approximate surface area is 98.6 Å². The van der Waals surface area contributed by atoms with Gasteiger partial charge in [-0.1, -0.05) is 20.8 Å². The smallest absolute Gasteiger partial charge is 0.305 e. The van der Waals surface area contributed by atoms with Crippen LogP contribution in [0.4, 0.5) is 0 Å². The first-order chi connectivity index (χ1) is 7.39. The minimum Gasteiger partial charge on any atom is -0.481 e. The predicted octanol–water partition coefficient (Wildman–Crippen LogP) is 2.80. The number of nitrogens with one attached hydrogen (secondary N) is 1. The summed E-state index contributed by atoms with van der Waals surface area (Å²) in [6.45, 7) is 7.59. The Hall–Kier alpha value is -0.570. The van der Waals surface area contributed by atoms with E-state index in [1.165, 1.54) is 0 Å². The third-order valence-corrected chi connectivity index (χ3v) is 3.80. The van der Waals surface area contributed by atoms with E-state index in [1.54, 1.807) is 0 Å².